The van der Waals surface area contributed by atoms with Crippen LogP contribution in [0.3, 0.4) is 0 Å². The molecule has 0 aliphatic carbocycles. The third kappa shape index (κ3) is 2.23. The summed E-state index contributed by atoms with van der Waals surface area (Å²) in [6.07, 6.45) is 1.81. The predicted molar refractivity (Wildman–Crippen MR) is 63.9 cm³/mol. The monoisotopic (exact) mass is 230 g/mol. The number of anilines is 1. The molecule has 1 heterocycles. The van der Waals surface area contributed by atoms with Crippen LogP contribution in [-0.2, 0) is 11.2 Å². The quantitative estimate of drug-likeness (QED) is 0.779. The van der Waals surface area contributed by atoms with E-state index >= 15 is 0 Å². The summed E-state index contributed by atoms with van der Waals surface area (Å²) in [5.74, 6) is 0.678. The van der Waals surface area contributed by atoms with Crippen LogP contribution in [0.15, 0.2) is 18.2 Å². The molecular formula is C13H14N2O2. The number of fused-ring (bicyclic) bond motifs is 1. The predicted octanol–water partition coefficient (Wildman–Crippen LogP) is 1.89. The maximum absolute atomic E-state index is 11.8. The average molecular weight is 230 g/mol. The molecule has 0 saturated heterocycles. The zero-order valence-electron chi connectivity index (χ0n) is 9.77. The van der Waals surface area contributed by atoms with E-state index in [0.717, 1.165) is 29.8 Å². The van der Waals surface area contributed by atoms with Crippen LogP contribution in [0.4, 0.5) is 5.69 Å². The molecule has 0 spiro atoms. The number of carbonyl (C=O) groups is 1. The van der Waals surface area contributed by atoms with E-state index in [1.807, 2.05) is 24.3 Å². The third-order valence-electron chi connectivity index (χ3n) is 2.94. The molecule has 1 aliphatic rings. The van der Waals surface area contributed by atoms with Crippen molar-refractivity contribution in [3.05, 3.63) is 23.8 Å². The van der Waals surface area contributed by atoms with Crippen LogP contribution in [0.25, 0.3) is 0 Å². The van der Waals surface area contributed by atoms with Gasteiger partial charge in [0.15, 0.2) is 0 Å². The largest absolute Gasteiger partial charge is 0.497 e. The Kier molecular flexibility index (Phi) is 3.29. The number of ether oxygens (including phenoxy) is 1. The fraction of sp³-hybridized carbons (Fsp3) is 0.385. The Morgan fingerprint density at radius 3 is 3.12 bits per heavy atom. The molecule has 1 aromatic rings. The van der Waals surface area contributed by atoms with Gasteiger partial charge in [0, 0.05) is 12.2 Å². The van der Waals surface area contributed by atoms with Crippen LogP contribution in [0.5, 0.6) is 5.75 Å². The Balaban J connectivity index is 2.32. The number of amides is 1. The van der Waals surface area contributed by atoms with Gasteiger partial charge in [-0.2, -0.15) is 5.26 Å². The van der Waals surface area contributed by atoms with Crippen molar-refractivity contribution in [2.45, 2.75) is 19.3 Å². The molecule has 0 N–H and O–H groups in total. The van der Waals surface area contributed by atoms with Gasteiger partial charge in [-0.1, -0.05) is 0 Å². The maximum Gasteiger partial charge on any atom is 0.241 e. The Labute approximate surface area is 100 Å². The summed E-state index contributed by atoms with van der Waals surface area (Å²) in [5, 5.41) is 8.58. The SMILES string of the molecule is COc1ccc2c(c1)CCCN2C(=O)CC#N. The van der Waals surface area contributed by atoms with Gasteiger partial charge in [0.05, 0.1) is 13.2 Å². The number of hydrogen-bond acceptors (Lipinski definition) is 3. The molecule has 0 fully saturated rings. The molecule has 0 radical (unpaired) electrons. The molecule has 1 aromatic carbocycles. The number of methoxy groups -OCH3 is 1. The van der Waals surface area contributed by atoms with Crippen molar-refractivity contribution >= 4 is 11.6 Å². The number of rotatable bonds is 2. The van der Waals surface area contributed by atoms with Crippen LogP contribution in [-0.4, -0.2) is 19.6 Å². The molecule has 0 saturated carbocycles. The van der Waals surface area contributed by atoms with Crippen LogP contribution in [0.1, 0.15) is 18.4 Å². The van der Waals surface area contributed by atoms with Crippen LogP contribution >= 0.6 is 0 Å². The van der Waals surface area contributed by atoms with E-state index in [4.69, 9.17) is 10.00 Å². The Morgan fingerprint density at radius 1 is 1.59 bits per heavy atom. The molecule has 1 aliphatic heterocycles. The molecule has 1 amide bonds. The topological polar surface area (TPSA) is 53.3 Å². The van der Waals surface area contributed by atoms with E-state index in [1.165, 1.54) is 0 Å². The zero-order valence-corrected chi connectivity index (χ0v) is 9.77. The summed E-state index contributed by atoms with van der Waals surface area (Å²) in [5.41, 5.74) is 2.03. The first-order valence-corrected chi connectivity index (χ1v) is 5.60. The molecule has 0 atom stereocenters. The average Bonchev–Trinajstić information content (AvgIpc) is 2.37. The number of nitriles is 1. The van der Waals surface area contributed by atoms with Crippen LogP contribution < -0.4 is 9.64 Å². The first-order chi connectivity index (χ1) is 8.26. The molecule has 88 valence electrons. The van der Waals surface area contributed by atoms with Gasteiger partial charge < -0.3 is 9.64 Å². The second-order valence-electron chi connectivity index (χ2n) is 3.98. The summed E-state index contributed by atoms with van der Waals surface area (Å²) >= 11 is 0. The summed E-state index contributed by atoms with van der Waals surface area (Å²) in [6, 6.07) is 7.60. The number of benzene rings is 1. The second-order valence-corrected chi connectivity index (χ2v) is 3.98. The highest BCUT2D eigenvalue weighted by Crippen LogP contribution is 2.30. The van der Waals surface area contributed by atoms with E-state index in [0.29, 0.717) is 6.54 Å². The van der Waals surface area contributed by atoms with Crippen molar-refractivity contribution in [3.63, 3.8) is 0 Å². The van der Waals surface area contributed by atoms with Gasteiger partial charge in [-0.15, -0.1) is 0 Å². The minimum absolute atomic E-state index is 0.0640. The van der Waals surface area contributed by atoms with E-state index in [1.54, 1.807) is 12.0 Å². The number of carbonyl (C=O) groups excluding carboxylic acids is 1. The number of hydrogen-bond donors (Lipinski definition) is 0. The lowest BCUT2D eigenvalue weighted by atomic mass is 10.0. The van der Waals surface area contributed by atoms with Crippen LogP contribution in [0.2, 0.25) is 0 Å². The normalized spacial score (nSPS) is 13.8. The smallest absolute Gasteiger partial charge is 0.241 e. The van der Waals surface area contributed by atoms with Crippen molar-refractivity contribution in [2.24, 2.45) is 0 Å². The van der Waals surface area contributed by atoms with Crippen LogP contribution in [0, 0.1) is 11.3 Å². The fourth-order valence-corrected chi connectivity index (χ4v) is 2.12. The van der Waals surface area contributed by atoms with Crippen molar-refractivity contribution in [3.8, 4) is 11.8 Å². The molecule has 0 bridgehead atoms. The van der Waals surface area contributed by atoms with Gasteiger partial charge in [-0.3, -0.25) is 4.79 Å². The first kappa shape index (κ1) is 11.5. The Bertz CT molecular complexity index is 477. The molecule has 4 heteroatoms. The minimum atomic E-state index is -0.126. The summed E-state index contributed by atoms with van der Waals surface area (Å²) in [6.45, 7) is 0.694. The molecule has 0 aromatic heterocycles. The van der Waals surface area contributed by atoms with Crippen molar-refractivity contribution in [1.29, 1.82) is 5.26 Å². The zero-order chi connectivity index (χ0) is 12.3. The minimum Gasteiger partial charge on any atom is -0.497 e. The summed E-state index contributed by atoms with van der Waals surface area (Å²) in [7, 11) is 1.63. The first-order valence-electron chi connectivity index (χ1n) is 5.60. The highest BCUT2D eigenvalue weighted by atomic mass is 16.5. The van der Waals surface area contributed by atoms with Gasteiger partial charge in [0.25, 0.3) is 0 Å². The van der Waals surface area contributed by atoms with E-state index in [2.05, 4.69) is 0 Å². The van der Waals surface area contributed by atoms with E-state index in [9.17, 15) is 4.79 Å². The third-order valence-corrected chi connectivity index (χ3v) is 2.94. The maximum atomic E-state index is 11.8. The lowest BCUT2D eigenvalue weighted by molar-refractivity contribution is -0.117. The molecule has 4 nitrogen and oxygen atoms in total. The van der Waals surface area contributed by atoms with E-state index in [-0.39, 0.29) is 12.3 Å². The summed E-state index contributed by atoms with van der Waals surface area (Å²) in [4.78, 5) is 13.5. The van der Waals surface area contributed by atoms with E-state index < -0.39 is 0 Å². The highest BCUT2D eigenvalue weighted by Gasteiger charge is 2.22. The second kappa shape index (κ2) is 4.88. The molecule has 0 unspecified atom stereocenters. The van der Waals surface area contributed by atoms with Crippen molar-refractivity contribution in [1.82, 2.24) is 0 Å². The lowest BCUT2D eigenvalue weighted by Crippen LogP contribution is -2.35. The fourth-order valence-electron chi connectivity index (χ4n) is 2.12. The van der Waals surface area contributed by atoms with Gasteiger partial charge in [0.1, 0.15) is 12.2 Å². The number of nitrogens with zero attached hydrogens (tertiary/aromatic N) is 2. The van der Waals surface area contributed by atoms with Crippen molar-refractivity contribution < 1.29 is 9.53 Å². The standard InChI is InChI=1S/C13H14N2O2/c1-17-11-4-5-12-10(9-11)3-2-8-15(12)13(16)6-7-14/h4-5,9H,2-3,6,8H2,1H3. The molecular weight excluding hydrogens is 216 g/mol. The Hall–Kier alpha value is -2.02. The summed E-state index contributed by atoms with van der Waals surface area (Å²) < 4.78 is 5.17. The lowest BCUT2D eigenvalue weighted by Gasteiger charge is -2.29. The molecule has 2 rings (SSSR count). The van der Waals surface area contributed by atoms with Gasteiger partial charge in [0.2, 0.25) is 5.91 Å². The van der Waals surface area contributed by atoms with Gasteiger partial charge in [-0.25, -0.2) is 0 Å². The van der Waals surface area contributed by atoms with Gasteiger partial charge >= 0.3 is 0 Å². The number of aryl methyl sites for hydroxylation is 1. The highest BCUT2D eigenvalue weighted by molar-refractivity contribution is 5.95. The van der Waals surface area contributed by atoms with Gasteiger partial charge in [-0.05, 0) is 36.6 Å². The Morgan fingerprint density at radius 2 is 2.41 bits per heavy atom. The van der Waals surface area contributed by atoms with Crippen molar-refractivity contribution in [2.75, 3.05) is 18.6 Å². The molecule has 17 heavy (non-hydrogen) atoms.